The fourth-order valence-electron chi connectivity index (χ4n) is 2.41. The van der Waals surface area contributed by atoms with Crippen LogP contribution in [0.2, 0.25) is 0 Å². The van der Waals surface area contributed by atoms with E-state index >= 15 is 0 Å². The number of hydrogen-bond acceptors (Lipinski definition) is 5. The van der Waals surface area contributed by atoms with Crippen molar-refractivity contribution in [1.82, 2.24) is 0 Å². The van der Waals surface area contributed by atoms with E-state index in [1.54, 1.807) is 24.3 Å². The molecule has 0 aliphatic carbocycles. The molecule has 2 rings (SSSR count). The van der Waals surface area contributed by atoms with Crippen LogP contribution in [-0.4, -0.2) is 21.5 Å². The minimum atomic E-state index is -4.03. The molecule has 0 amide bonds. The molecule has 2 aromatic carbocycles. The number of rotatable bonds is 5. The van der Waals surface area contributed by atoms with Gasteiger partial charge in [-0.3, -0.25) is 0 Å². The second kappa shape index (κ2) is 7.96. The van der Waals surface area contributed by atoms with Gasteiger partial charge in [0.05, 0.1) is 12.0 Å². The van der Waals surface area contributed by atoms with Crippen molar-refractivity contribution in [2.75, 3.05) is 12.4 Å². The van der Waals surface area contributed by atoms with E-state index in [1.807, 2.05) is 39.8 Å². The lowest BCUT2D eigenvalue weighted by Crippen LogP contribution is -2.17. The monoisotopic (exact) mass is 387 g/mol. The molecule has 144 valence electrons. The van der Waals surface area contributed by atoms with Crippen molar-refractivity contribution < 1.29 is 17.9 Å². The van der Waals surface area contributed by atoms with E-state index in [9.17, 15) is 13.2 Å². The zero-order valence-corrected chi connectivity index (χ0v) is 17.1. The zero-order valence-electron chi connectivity index (χ0n) is 16.2. The first kappa shape index (κ1) is 20.7. The first-order valence-electron chi connectivity index (χ1n) is 8.53. The van der Waals surface area contributed by atoms with Crippen LogP contribution in [0.4, 0.5) is 5.69 Å². The number of aryl methyl sites for hydroxylation is 1. The van der Waals surface area contributed by atoms with E-state index in [4.69, 9.17) is 0 Å². The SMILES string of the molecule is COC(=O)/C(=C/Nc1ccc(C)cc1)S(=O)(=O)c1ccc(C(C)(C)C)cc1. The van der Waals surface area contributed by atoms with Crippen LogP contribution in [0.1, 0.15) is 31.9 Å². The summed E-state index contributed by atoms with van der Waals surface area (Å²) in [5.41, 5.74) is 2.64. The quantitative estimate of drug-likeness (QED) is 0.615. The lowest BCUT2D eigenvalue weighted by atomic mass is 9.87. The smallest absolute Gasteiger partial charge is 0.351 e. The molecule has 0 aliphatic heterocycles. The summed E-state index contributed by atoms with van der Waals surface area (Å²) in [4.78, 5) is 11.7. The molecule has 0 heterocycles. The minimum Gasteiger partial charge on any atom is -0.465 e. The highest BCUT2D eigenvalue weighted by atomic mass is 32.2. The molecule has 27 heavy (non-hydrogen) atoms. The maximum Gasteiger partial charge on any atom is 0.351 e. The van der Waals surface area contributed by atoms with Crippen molar-refractivity contribution in [2.45, 2.75) is 38.0 Å². The molecular weight excluding hydrogens is 362 g/mol. The Balaban J connectivity index is 2.40. The summed E-state index contributed by atoms with van der Waals surface area (Å²) < 4.78 is 30.6. The van der Waals surface area contributed by atoms with Crippen molar-refractivity contribution in [3.8, 4) is 0 Å². The Morgan fingerprint density at radius 1 is 1.00 bits per heavy atom. The number of carbonyl (C=O) groups is 1. The van der Waals surface area contributed by atoms with Gasteiger partial charge in [-0.1, -0.05) is 50.6 Å². The highest BCUT2D eigenvalue weighted by molar-refractivity contribution is 7.96. The number of methoxy groups -OCH3 is 1. The van der Waals surface area contributed by atoms with Gasteiger partial charge in [-0.25, -0.2) is 13.2 Å². The van der Waals surface area contributed by atoms with Crippen molar-refractivity contribution in [2.24, 2.45) is 0 Å². The van der Waals surface area contributed by atoms with Crippen LogP contribution in [0, 0.1) is 6.92 Å². The lowest BCUT2D eigenvalue weighted by Gasteiger charge is -2.19. The van der Waals surface area contributed by atoms with Crippen LogP contribution in [0.5, 0.6) is 0 Å². The molecule has 0 radical (unpaired) electrons. The Kier molecular flexibility index (Phi) is 6.11. The molecule has 0 spiro atoms. The van der Waals surface area contributed by atoms with Gasteiger partial charge in [0, 0.05) is 11.9 Å². The first-order chi connectivity index (χ1) is 12.6. The molecule has 5 nitrogen and oxygen atoms in total. The number of benzene rings is 2. The standard InChI is InChI=1S/C21H25NO4S/c1-15-6-10-17(11-7-15)22-14-19(20(23)26-5)27(24,25)18-12-8-16(9-13-18)21(2,3)4/h6-14,22H,1-5H3/b19-14-. The predicted molar refractivity (Wildman–Crippen MR) is 107 cm³/mol. The van der Waals surface area contributed by atoms with Gasteiger partial charge < -0.3 is 10.1 Å². The Bertz CT molecular complexity index is 935. The third-order valence-electron chi connectivity index (χ3n) is 4.13. The number of nitrogens with one attached hydrogen (secondary N) is 1. The van der Waals surface area contributed by atoms with Crippen molar-refractivity contribution in [3.05, 3.63) is 70.8 Å². The summed E-state index contributed by atoms with van der Waals surface area (Å²) >= 11 is 0. The average Bonchev–Trinajstić information content (AvgIpc) is 2.62. The second-order valence-corrected chi connectivity index (χ2v) is 9.21. The summed E-state index contributed by atoms with van der Waals surface area (Å²) in [6.07, 6.45) is 1.17. The fraction of sp³-hybridized carbons (Fsp3) is 0.286. The zero-order chi connectivity index (χ0) is 20.2. The van der Waals surface area contributed by atoms with Crippen molar-refractivity contribution in [3.63, 3.8) is 0 Å². The number of carbonyl (C=O) groups excluding carboxylic acids is 1. The molecule has 0 saturated heterocycles. The van der Waals surface area contributed by atoms with Gasteiger partial charge in [0.15, 0.2) is 4.91 Å². The maximum atomic E-state index is 13.0. The topological polar surface area (TPSA) is 72.5 Å². The van der Waals surface area contributed by atoms with Crippen LogP contribution < -0.4 is 5.32 Å². The molecular formula is C21H25NO4S. The molecule has 2 aromatic rings. The van der Waals surface area contributed by atoms with Gasteiger partial charge in [0.2, 0.25) is 9.84 Å². The van der Waals surface area contributed by atoms with Crippen LogP contribution in [0.25, 0.3) is 0 Å². The lowest BCUT2D eigenvalue weighted by molar-refractivity contribution is -0.135. The summed E-state index contributed by atoms with van der Waals surface area (Å²) in [6, 6.07) is 13.9. The Hall–Kier alpha value is -2.60. The van der Waals surface area contributed by atoms with Crippen molar-refractivity contribution >= 4 is 21.5 Å². The van der Waals surface area contributed by atoms with E-state index in [0.717, 1.165) is 18.2 Å². The summed E-state index contributed by atoms with van der Waals surface area (Å²) in [5, 5.41) is 2.86. The van der Waals surface area contributed by atoms with E-state index < -0.39 is 20.7 Å². The first-order valence-corrected chi connectivity index (χ1v) is 10.0. The predicted octanol–water partition coefficient (Wildman–Crippen LogP) is 4.19. The number of ether oxygens (including phenoxy) is 1. The van der Waals surface area contributed by atoms with E-state index in [2.05, 4.69) is 10.1 Å². The average molecular weight is 388 g/mol. The molecule has 0 atom stereocenters. The van der Waals surface area contributed by atoms with Gasteiger partial charge in [0.1, 0.15) is 0 Å². The molecule has 0 aliphatic rings. The Morgan fingerprint density at radius 3 is 2.04 bits per heavy atom. The Labute approximate surface area is 161 Å². The molecule has 0 aromatic heterocycles. The highest BCUT2D eigenvalue weighted by Gasteiger charge is 2.28. The Morgan fingerprint density at radius 2 is 1.56 bits per heavy atom. The van der Waals surface area contributed by atoms with Crippen molar-refractivity contribution in [1.29, 1.82) is 0 Å². The molecule has 6 heteroatoms. The number of hydrogen-bond donors (Lipinski definition) is 1. The highest BCUT2D eigenvalue weighted by Crippen LogP contribution is 2.26. The van der Waals surface area contributed by atoms with E-state index in [-0.39, 0.29) is 10.3 Å². The molecule has 0 bridgehead atoms. The third kappa shape index (κ3) is 4.98. The van der Waals surface area contributed by atoms with Gasteiger partial charge in [-0.2, -0.15) is 0 Å². The number of sulfone groups is 1. The van der Waals surface area contributed by atoms with Crippen LogP contribution in [0.3, 0.4) is 0 Å². The number of esters is 1. The molecule has 1 N–H and O–H groups in total. The largest absolute Gasteiger partial charge is 0.465 e. The van der Waals surface area contributed by atoms with Gasteiger partial charge in [0.25, 0.3) is 0 Å². The minimum absolute atomic E-state index is 0.0397. The van der Waals surface area contributed by atoms with Gasteiger partial charge in [-0.15, -0.1) is 0 Å². The second-order valence-electron chi connectivity index (χ2n) is 7.29. The van der Waals surface area contributed by atoms with Crippen LogP contribution >= 0.6 is 0 Å². The normalized spacial score (nSPS) is 12.6. The molecule has 0 unspecified atom stereocenters. The summed E-state index contributed by atoms with van der Waals surface area (Å²) in [7, 11) is -2.88. The number of anilines is 1. The van der Waals surface area contributed by atoms with Crippen LogP contribution in [-0.2, 0) is 24.8 Å². The van der Waals surface area contributed by atoms with Gasteiger partial charge >= 0.3 is 5.97 Å². The summed E-state index contributed by atoms with van der Waals surface area (Å²) in [5.74, 6) is -0.922. The maximum absolute atomic E-state index is 13.0. The van der Waals surface area contributed by atoms with Crippen LogP contribution in [0.15, 0.2) is 64.5 Å². The van der Waals surface area contributed by atoms with E-state index in [1.165, 1.54) is 18.3 Å². The molecule has 0 fully saturated rings. The summed E-state index contributed by atoms with van der Waals surface area (Å²) in [6.45, 7) is 8.08. The van der Waals surface area contributed by atoms with E-state index in [0.29, 0.717) is 5.69 Å². The van der Waals surface area contributed by atoms with Gasteiger partial charge in [-0.05, 0) is 42.2 Å². The third-order valence-corrected chi connectivity index (χ3v) is 5.88. The molecule has 0 saturated carbocycles. The fourth-order valence-corrected chi connectivity index (χ4v) is 3.67.